The van der Waals surface area contributed by atoms with E-state index < -0.39 is 100 Å². The van der Waals surface area contributed by atoms with Crippen molar-refractivity contribution in [1.82, 2.24) is 68.6 Å². The molecule has 0 bridgehead atoms. The summed E-state index contributed by atoms with van der Waals surface area (Å²) in [7, 11) is 1.32. The van der Waals surface area contributed by atoms with Crippen molar-refractivity contribution >= 4 is 125 Å². The highest BCUT2D eigenvalue weighted by atomic mass is 32.7. The molecule has 42 heteroatoms. The summed E-state index contributed by atoms with van der Waals surface area (Å²) in [6.07, 6.45) is -9.24. The molecule has 3 fully saturated rings. The first-order valence-corrected chi connectivity index (χ1v) is 44.1. The molecule has 7 aromatic heterocycles. The quantitative estimate of drug-likeness (QED) is 0.0136. The largest absolute Gasteiger partial charge is 0.492 e. The Hall–Kier alpha value is -12.1. The van der Waals surface area contributed by atoms with Crippen LogP contribution in [0, 0.1) is 0 Å². The Kier molecular flexibility index (Phi) is 24.2. The first-order chi connectivity index (χ1) is 59.9. The van der Waals surface area contributed by atoms with Gasteiger partial charge in [-0.2, -0.15) is 0 Å². The number of nitrogens with one attached hydrogen (secondary N) is 1. The monoisotopic (exact) mass is 1750 g/mol. The van der Waals surface area contributed by atoms with Gasteiger partial charge in [-0.3, -0.25) is 37.7 Å². The van der Waals surface area contributed by atoms with Gasteiger partial charge in [-0.25, -0.2) is 67.5 Å². The van der Waals surface area contributed by atoms with E-state index in [1.165, 1.54) is 33.9 Å². The summed E-state index contributed by atoms with van der Waals surface area (Å²) in [6, 6.07) is 41.8. The number of fused-ring (bicyclic) bond motifs is 12. The lowest BCUT2D eigenvalue weighted by Crippen LogP contribution is -2.37. The number of anilines is 4. The zero-order valence-corrected chi connectivity index (χ0v) is 69.2. The molecule has 2 radical (unpaired) electrons. The number of amides is 2. The molecule has 3 saturated heterocycles. The standard InChI is InChI=1S/C82H79BF2N18O18P2S/c1-4-111-39-60-95-66-69(100(60)41-82(2,3)108)54-15-7-9-17-56(54)94-75(66)96-81(107)113-36-46-21-27-51(28-22-46)116-62(105)20-12-11-19-61(104)99-35-49-13-5-6-14-53(49)70-65(55-16-8-10-18-57(55)99)97-98-103(70)33-34-112-50-31-25-48(26-32-50)80(106)117-52-29-23-47(24-30-52)40-124-123(110)115-38-59-71(63(84)78(119-59)101-44-92-67-73(86)88-42-90-76(67)101)120-122(83,109)114-37-58-72(121-123)64(85)79(118-58)102-45-93-68-74(87)89-43-91-77(68)102/h5-10,13-18,21-32,42-45,58-59,63-64,71-72,78-79,108H,4,11-12,19-20,33-41H2,1-3H3,(H2,86,88,90)(H2,87,89,91)(H,94,96,107)/t58-,59-,63-,64-,71-,72-,78-,79-,122+,123+/m1/s1. The second-order valence-corrected chi connectivity index (χ2v) is 35.6. The maximum absolute atomic E-state index is 17.2. The van der Waals surface area contributed by atoms with Crippen molar-refractivity contribution in [2.75, 3.05) is 48.1 Å². The van der Waals surface area contributed by atoms with Crippen molar-refractivity contribution in [2.45, 2.75) is 140 Å². The number of aromatic nitrogens is 14. The molecule has 0 spiro atoms. The fraction of sp³-hybridized carbons (Fsp3) is 0.317. The third kappa shape index (κ3) is 18.0. The maximum atomic E-state index is 17.2. The molecule has 13 aromatic rings. The van der Waals surface area contributed by atoms with Gasteiger partial charge in [0.15, 0.2) is 53.5 Å². The fourth-order valence-corrected chi connectivity index (χ4v) is 19.4. The van der Waals surface area contributed by atoms with Crippen LogP contribution in [0.2, 0.25) is 0 Å². The number of ether oxygens (including phenoxy) is 7. The van der Waals surface area contributed by atoms with E-state index in [0.29, 0.717) is 92.8 Å². The van der Waals surface area contributed by atoms with E-state index in [0.717, 1.165) is 34.9 Å². The van der Waals surface area contributed by atoms with E-state index in [-0.39, 0.29) is 115 Å². The average molecular weight is 1750 g/mol. The predicted molar refractivity (Wildman–Crippen MR) is 447 cm³/mol. The number of carbonyl (C=O) groups is 4. The smallest absolute Gasteiger partial charge is 0.413 e. The molecule has 0 aliphatic carbocycles. The number of nitrogens with zero attached hydrogens (tertiary/aromatic N) is 15. The SMILES string of the molecule is [B][P@]1(=O)OC[C@H]2O[C@@H](n3cnc4c(N)ncnc43)[C@H](F)[C@@H]2O[P@@](=O)(SCc2ccc(OC(=O)c3ccc(OCCn4nnc5c4-c4ccccc4CN(C(=O)CCCCC(=O)Oc4ccc(COC(=O)Nc6nc7ccccc7c7c6nc(COCC)n7CC(C)(C)O)cc4)c4ccccc4-5)cc3)cc2)OC[C@H]2O[C@@H](n3cnc4c(N)ncnc43)[C@H](F)[C@@H]2O1. The number of alkyl halides is 2. The number of hydrogen-bond donors (Lipinski definition) is 4. The topological polar surface area (TPSA) is 440 Å². The molecule has 36 nitrogen and oxygen atoms in total. The lowest BCUT2D eigenvalue weighted by molar-refractivity contribution is -0.134. The normalized spacial score (nSPS) is 21.5. The Morgan fingerprint density at radius 1 is 0.694 bits per heavy atom. The van der Waals surface area contributed by atoms with Crippen molar-refractivity contribution in [3.63, 3.8) is 0 Å². The summed E-state index contributed by atoms with van der Waals surface area (Å²) in [6.45, 7) is 0.412. The van der Waals surface area contributed by atoms with E-state index in [4.69, 9.17) is 85.4 Å². The van der Waals surface area contributed by atoms with Gasteiger partial charge in [0.05, 0.1) is 79.1 Å². The third-order valence-corrected chi connectivity index (χ3v) is 25.6. The minimum absolute atomic E-state index is 0.00325. The number of imidazole rings is 3. The van der Waals surface area contributed by atoms with Crippen LogP contribution in [0.1, 0.15) is 91.8 Å². The van der Waals surface area contributed by atoms with Crippen molar-refractivity contribution in [3.05, 3.63) is 199 Å². The van der Waals surface area contributed by atoms with Gasteiger partial charge < -0.3 is 68.2 Å². The molecule has 6 aromatic carbocycles. The van der Waals surface area contributed by atoms with Gasteiger partial charge in [-0.05, 0) is 122 Å². The second kappa shape index (κ2) is 35.6. The van der Waals surface area contributed by atoms with E-state index in [2.05, 4.69) is 40.4 Å². The highest BCUT2D eigenvalue weighted by Gasteiger charge is 2.55. The molecule has 11 heterocycles. The van der Waals surface area contributed by atoms with Gasteiger partial charge in [-0.1, -0.05) is 90.1 Å². The zero-order valence-electron chi connectivity index (χ0n) is 66.6. The van der Waals surface area contributed by atoms with Crippen LogP contribution >= 0.6 is 25.7 Å². The molecule has 6 N–H and O–H groups in total. The highest BCUT2D eigenvalue weighted by molar-refractivity contribution is 8.54. The van der Waals surface area contributed by atoms with Crippen LogP contribution in [0.4, 0.5) is 36.7 Å². The Morgan fingerprint density at radius 3 is 2.01 bits per heavy atom. The van der Waals surface area contributed by atoms with Crippen LogP contribution < -0.4 is 35.9 Å². The Bertz CT molecular complexity index is 6290. The summed E-state index contributed by atoms with van der Waals surface area (Å²) in [5, 5.41) is 23.7. The van der Waals surface area contributed by atoms with Crippen LogP contribution in [0.3, 0.4) is 0 Å². The van der Waals surface area contributed by atoms with E-state index in [1.807, 2.05) is 84.3 Å². The number of halogens is 2. The number of hydrogen-bond acceptors (Lipinski definition) is 31. The van der Waals surface area contributed by atoms with E-state index in [9.17, 15) is 28.8 Å². The van der Waals surface area contributed by atoms with Crippen molar-refractivity contribution < 1.29 is 93.4 Å². The van der Waals surface area contributed by atoms with Crippen LogP contribution in [-0.2, 0) is 94.4 Å². The lowest BCUT2D eigenvalue weighted by atomic mass is 9.95. The number of carbonyl (C=O) groups excluding carboxylic acids is 4. The van der Waals surface area contributed by atoms with Gasteiger partial charge in [0, 0.05) is 41.7 Å². The van der Waals surface area contributed by atoms with E-state index >= 15 is 13.3 Å². The van der Waals surface area contributed by atoms with Crippen LogP contribution in [0.15, 0.2) is 171 Å². The Labute approximate surface area is 709 Å². The molecule has 124 heavy (non-hydrogen) atoms. The van der Waals surface area contributed by atoms with Crippen LogP contribution in [-0.4, -0.2) is 174 Å². The van der Waals surface area contributed by atoms with Crippen LogP contribution in [0.25, 0.3) is 66.8 Å². The summed E-state index contributed by atoms with van der Waals surface area (Å²) < 4.78 is 134. The summed E-state index contributed by atoms with van der Waals surface area (Å²) in [5.74, 6) is 0.166. The molecule has 0 unspecified atom stereocenters. The van der Waals surface area contributed by atoms with Gasteiger partial charge >= 0.3 is 24.8 Å². The lowest BCUT2D eigenvalue weighted by Gasteiger charge is -2.30. The molecule has 10 atom stereocenters. The number of rotatable bonds is 25. The molecule has 4 aliphatic rings. The number of aliphatic hydroxyl groups is 1. The first kappa shape index (κ1) is 84.2. The number of para-hydroxylation sites is 2. The van der Waals surface area contributed by atoms with Gasteiger partial charge in [0.25, 0.3) is 7.47 Å². The zero-order chi connectivity index (χ0) is 86.1. The maximum Gasteiger partial charge on any atom is 0.413 e. The summed E-state index contributed by atoms with van der Waals surface area (Å²) >= 11 is 0.641. The van der Waals surface area contributed by atoms with Gasteiger partial charge in [-0.15, -0.1) is 5.10 Å². The summed E-state index contributed by atoms with van der Waals surface area (Å²) in [5.41, 5.74) is 18.7. The average Bonchev–Trinajstić information content (AvgIpc) is 1.59. The number of nitrogens with two attached hydrogens (primary N) is 2. The molecular formula is C82H79BF2N18O18P2S. The molecule has 4 aliphatic heterocycles. The Balaban J connectivity index is 0.492. The Morgan fingerprint density at radius 2 is 1.31 bits per heavy atom. The van der Waals surface area contributed by atoms with Gasteiger partial charge in [0.2, 0.25) is 13.5 Å². The van der Waals surface area contributed by atoms with Crippen molar-refractivity contribution in [2.24, 2.45) is 0 Å². The molecule has 17 rings (SSSR count). The molecule has 2 amide bonds. The third-order valence-electron chi connectivity index (χ3n) is 20.9. The molecule has 638 valence electrons. The van der Waals surface area contributed by atoms with Crippen LogP contribution in [0.5, 0.6) is 17.2 Å². The number of benzene rings is 6. The highest BCUT2D eigenvalue weighted by Crippen LogP contribution is 2.65. The molecule has 0 saturated carbocycles. The van der Waals surface area contributed by atoms with Crippen molar-refractivity contribution in [1.29, 1.82) is 0 Å². The number of unbranched alkanes of at least 4 members (excludes halogenated alkanes) is 1. The molecular weight excluding hydrogens is 1670 g/mol. The summed E-state index contributed by atoms with van der Waals surface area (Å²) in [4.78, 5) is 90.5. The first-order valence-electron chi connectivity index (χ1n) is 39.4. The number of esters is 2. The van der Waals surface area contributed by atoms with Crippen molar-refractivity contribution in [3.8, 4) is 39.8 Å². The fourth-order valence-electron chi connectivity index (χ4n) is 15.0. The second-order valence-electron chi connectivity index (χ2n) is 30.0. The minimum atomic E-state index is -4.77. The number of nitrogen functional groups attached to an aromatic ring is 2. The minimum Gasteiger partial charge on any atom is -0.492 e. The predicted octanol–water partition coefficient (Wildman–Crippen LogP) is 12.6. The number of pyridine rings is 1. The van der Waals surface area contributed by atoms with Gasteiger partial charge in [0.1, 0.15) is 102 Å². The van der Waals surface area contributed by atoms with E-state index in [1.54, 1.807) is 84.1 Å².